The molecule has 1 atom stereocenters. The van der Waals surface area contributed by atoms with Gasteiger partial charge >= 0.3 is 137 Å². The molecule has 0 saturated heterocycles. The van der Waals surface area contributed by atoms with E-state index in [9.17, 15) is 26.3 Å². The van der Waals surface area contributed by atoms with Crippen LogP contribution < -0.4 is 24.8 Å². The molecule has 0 aliphatic heterocycles. The minimum atomic E-state index is -4.49. The van der Waals surface area contributed by atoms with Gasteiger partial charge in [-0.2, -0.15) is 11.6 Å². The fraction of sp³-hybridized carbons (Fsp3) is 0.388. The van der Waals surface area contributed by atoms with E-state index in [1.54, 1.807) is 0 Å². The second-order valence-electron chi connectivity index (χ2n) is 17.7. The van der Waals surface area contributed by atoms with Gasteiger partial charge in [-0.3, -0.25) is 6.08 Å². The van der Waals surface area contributed by atoms with Gasteiger partial charge in [-0.15, -0.1) is 39.7 Å². The summed E-state index contributed by atoms with van der Waals surface area (Å²) in [4.78, 5) is 0. The number of halogens is 8. The van der Waals surface area contributed by atoms with Gasteiger partial charge in [0.2, 0.25) is 0 Å². The van der Waals surface area contributed by atoms with E-state index < -0.39 is 23.5 Å². The molecule has 5 aromatic carbocycles. The number of unbranched alkanes of at least 4 members (excludes halogenated alkanes) is 1. The molecule has 5 aromatic rings. The van der Waals surface area contributed by atoms with Gasteiger partial charge in [-0.05, 0) is 10.8 Å². The summed E-state index contributed by atoms with van der Waals surface area (Å²) in [5.74, 6) is 0.592. The van der Waals surface area contributed by atoms with Crippen molar-refractivity contribution in [2.75, 3.05) is 0 Å². The second kappa shape index (κ2) is 20.1. The van der Waals surface area contributed by atoms with Crippen LogP contribution in [0.15, 0.2) is 109 Å². The summed E-state index contributed by atoms with van der Waals surface area (Å²) < 4.78 is 76.7. The average molecular weight is 919 g/mol. The summed E-state index contributed by atoms with van der Waals surface area (Å²) in [5, 5.41) is 5.48. The largest absolute Gasteiger partial charge is 1.00 e. The monoisotopic (exact) mass is 916 g/mol. The molecular weight excluding hydrogens is 865 g/mol. The van der Waals surface area contributed by atoms with Gasteiger partial charge in [0, 0.05) is 0 Å². The summed E-state index contributed by atoms with van der Waals surface area (Å²) in [6, 6.07) is 25.3. The Morgan fingerprint density at radius 2 is 1.03 bits per heavy atom. The van der Waals surface area contributed by atoms with Crippen LogP contribution in [0.4, 0.5) is 26.3 Å². The maximum atomic E-state index is 12.7. The van der Waals surface area contributed by atoms with Gasteiger partial charge in [0.15, 0.2) is 0 Å². The molecule has 1 aliphatic carbocycles. The molecule has 0 heterocycles. The van der Waals surface area contributed by atoms with Crippen molar-refractivity contribution >= 4 is 24.8 Å². The van der Waals surface area contributed by atoms with E-state index in [0.29, 0.717) is 14.5 Å². The molecule has 0 amide bonds. The first-order chi connectivity index (χ1) is 25.8. The molecule has 0 aromatic heterocycles. The fourth-order valence-corrected chi connectivity index (χ4v) is 7.16. The number of hydrogen-bond acceptors (Lipinski definition) is 0. The summed E-state index contributed by atoms with van der Waals surface area (Å²) in [5.41, 5.74) is 3.86. The number of alkyl halides is 6. The molecule has 0 spiro atoms. The van der Waals surface area contributed by atoms with Gasteiger partial charge in [0.05, 0.1) is 0 Å². The van der Waals surface area contributed by atoms with Crippen LogP contribution in [-0.2, 0) is 47.4 Å². The van der Waals surface area contributed by atoms with Crippen molar-refractivity contribution in [3.8, 4) is 0 Å². The third-order valence-corrected chi connectivity index (χ3v) is 11.4. The van der Waals surface area contributed by atoms with Crippen LogP contribution in [0, 0.1) is 17.4 Å². The minimum Gasteiger partial charge on any atom is -1.00 e. The molecule has 58 heavy (non-hydrogen) atoms. The predicted molar refractivity (Wildman–Crippen MR) is 219 cm³/mol. The average Bonchev–Trinajstić information content (AvgIpc) is 3.74. The number of benzene rings is 4. The topological polar surface area (TPSA) is 0 Å². The Morgan fingerprint density at radius 3 is 1.38 bits per heavy atom. The summed E-state index contributed by atoms with van der Waals surface area (Å²) in [6.07, 6.45) is 2.90. The molecule has 0 N–H and O–H groups in total. The SMILES string of the molecule is CC(C)(C)c1ccc2c(c1)[cH-]c1cc(C(C)(C)C)ccc12.CCCCC1[C-]=CC(C(C)(C)C)=C1.FC(F)(F)c1cccc([C](=[Zr+2])c2cccc(C(F)(F)F)c2)c1.[Cl-].[Cl-]. The fourth-order valence-electron chi connectivity index (χ4n) is 6.39. The minimum absolute atomic E-state index is 0. The molecule has 9 heteroatoms. The Bertz CT molecular complexity index is 2070. The summed E-state index contributed by atoms with van der Waals surface area (Å²) in [7, 11) is 0. The van der Waals surface area contributed by atoms with Crippen molar-refractivity contribution < 1.29 is 75.4 Å². The summed E-state index contributed by atoms with van der Waals surface area (Å²) in [6.45, 7) is 22.7. The maximum absolute atomic E-state index is 12.7. The molecule has 1 aliphatic rings. The predicted octanol–water partition coefficient (Wildman–Crippen LogP) is 9.29. The van der Waals surface area contributed by atoms with E-state index in [1.165, 1.54) is 81.8 Å². The van der Waals surface area contributed by atoms with Crippen LogP contribution in [0.1, 0.15) is 122 Å². The van der Waals surface area contributed by atoms with E-state index in [4.69, 9.17) is 0 Å². The Labute approximate surface area is 369 Å². The molecule has 0 radical (unpaired) electrons. The van der Waals surface area contributed by atoms with Gasteiger partial charge in [0.25, 0.3) is 0 Å². The molecule has 0 bridgehead atoms. The van der Waals surface area contributed by atoms with Crippen molar-refractivity contribution in [3.63, 3.8) is 0 Å². The Kier molecular flexibility index (Phi) is 17.8. The smallest absolute Gasteiger partial charge is 1.00 e. The molecule has 0 fully saturated rings. The number of hydrogen-bond donors (Lipinski definition) is 0. The zero-order chi connectivity index (χ0) is 41.9. The summed E-state index contributed by atoms with van der Waals surface area (Å²) >= 11 is 0.729. The Morgan fingerprint density at radius 1 is 0.603 bits per heavy atom. The molecule has 6 rings (SSSR count). The molecular formula is C49H54Cl2F6Zr-2. The number of fused-ring (bicyclic) bond motifs is 3. The van der Waals surface area contributed by atoms with Gasteiger partial charge < -0.3 is 24.8 Å². The second-order valence-corrected chi connectivity index (χ2v) is 18.9. The van der Waals surface area contributed by atoms with Gasteiger partial charge in [-0.25, -0.2) is 6.08 Å². The Balaban J connectivity index is 0.000000305. The third-order valence-electron chi connectivity index (χ3n) is 9.96. The van der Waals surface area contributed by atoms with Crippen molar-refractivity contribution in [2.45, 2.75) is 112 Å². The quantitative estimate of drug-likeness (QED) is 0.122. The normalized spacial score (nSPS) is 14.4. The van der Waals surface area contributed by atoms with E-state index in [0.717, 1.165) is 48.5 Å². The van der Waals surface area contributed by atoms with E-state index >= 15 is 0 Å². The van der Waals surface area contributed by atoms with E-state index in [2.05, 4.69) is 130 Å². The zero-order valence-electron chi connectivity index (χ0n) is 35.0. The number of rotatable bonds is 5. The van der Waals surface area contributed by atoms with Crippen LogP contribution in [-0.4, -0.2) is 3.21 Å². The van der Waals surface area contributed by atoms with Crippen LogP contribution in [0.25, 0.3) is 21.5 Å². The van der Waals surface area contributed by atoms with Crippen molar-refractivity contribution in [3.05, 3.63) is 148 Å². The van der Waals surface area contributed by atoms with Crippen LogP contribution >= 0.6 is 0 Å². The Hall–Kier alpha value is -2.86. The molecule has 0 saturated carbocycles. The standard InChI is InChI=1S/C21H25.C15H8F6.C13H21.2ClH.Zr/c1-20(2,3)16-7-9-18-14(12-16)11-15-13-17(21(4,5)6)8-10-19(15)18;16-14(17,18)12-5-1-3-10(8-12)7-11-4-2-6-13(9-11)15(19,20)21;1-5-6-7-11-8-9-12(10-11)13(2,3)4;;;/h7-13H,1-6H3;1-6,8-9H;9-11H,5-7H2,1-4H3;2*1H;/q-1;;-1;;;+2/p-2. The van der Waals surface area contributed by atoms with Crippen LogP contribution in [0.5, 0.6) is 0 Å². The van der Waals surface area contributed by atoms with Crippen molar-refractivity contribution in [1.82, 2.24) is 0 Å². The van der Waals surface area contributed by atoms with E-state index in [-0.39, 0.29) is 46.8 Å². The number of allylic oxidation sites excluding steroid dienone is 4. The van der Waals surface area contributed by atoms with E-state index in [1.807, 2.05) is 0 Å². The first-order valence-corrected chi connectivity index (χ1v) is 20.4. The third kappa shape index (κ3) is 13.8. The van der Waals surface area contributed by atoms with Crippen molar-refractivity contribution in [1.29, 1.82) is 0 Å². The zero-order valence-corrected chi connectivity index (χ0v) is 39.0. The van der Waals surface area contributed by atoms with Crippen LogP contribution in [0.2, 0.25) is 0 Å². The first-order valence-electron chi connectivity index (χ1n) is 19.2. The molecule has 1 unspecified atom stereocenters. The van der Waals surface area contributed by atoms with Gasteiger partial charge in [-0.1, -0.05) is 135 Å². The molecule has 0 nitrogen and oxygen atoms in total. The maximum Gasteiger partial charge on any atom is -1.00 e. The van der Waals surface area contributed by atoms with Crippen molar-refractivity contribution in [2.24, 2.45) is 11.3 Å². The molecule has 312 valence electrons. The van der Waals surface area contributed by atoms with Gasteiger partial charge in [0.1, 0.15) is 0 Å². The van der Waals surface area contributed by atoms with Crippen LogP contribution in [0.3, 0.4) is 0 Å². The first kappa shape index (κ1) is 51.3.